The molecule has 0 aliphatic carbocycles. The summed E-state index contributed by atoms with van der Waals surface area (Å²) in [6.07, 6.45) is 3.01. The summed E-state index contributed by atoms with van der Waals surface area (Å²) in [5, 5.41) is -1.08. The summed E-state index contributed by atoms with van der Waals surface area (Å²) in [5.74, 6) is 0.105. The van der Waals surface area contributed by atoms with Gasteiger partial charge in [-0.1, -0.05) is 0 Å². The fourth-order valence-electron chi connectivity index (χ4n) is 0.746. The van der Waals surface area contributed by atoms with Gasteiger partial charge in [0.05, 0.1) is 0 Å². The zero-order valence-corrected chi connectivity index (χ0v) is 8.11. The molecule has 0 saturated heterocycles. The first kappa shape index (κ1) is 10.1. The normalized spacial score (nSPS) is 14.1. The van der Waals surface area contributed by atoms with E-state index in [4.69, 9.17) is 4.55 Å². The number of hydrogen-bond acceptors (Lipinski definition) is 4. The number of rotatable bonds is 2. The Labute approximate surface area is 76.6 Å². The van der Waals surface area contributed by atoms with Crippen molar-refractivity contribution < 1.29 is 13.0 Å². The third kappa shape index (κ3) is 2.46. The van der Waals surface area contributed by atoms with Crippen molar-refractivity contribution in [2.24, 2.45) is 0 Å². The smallest absolute Gasteiger partial charge is 0.274 e. The zero-order chi connectivity index (χ0) is 10.1. The summed E-state index contributed by atoms with van der Waals surface area (Å²) in [6.45, 7) is 3.13. The maximum atomic E-state index is 10.7. The molecule has 0 aliphatic heterocycles. The molecular weight excluding hydrogens is 192 g/mol. The van der Waals surface area contributed by atoms with Gasteiger partial charge in [-0.3, -0.25) is 4.55 Å². The van der Waals surface area contributed by atoms with Gasteiger partial charge in [-0.05, 0) is 19.4 Å². The average molecular weight is 202 g/mol. The Morgan fingerprint density at radius 1 is 1.38 bits per heavy atom. The lowest BCUT2D eigenvalue weighted by atomic mass is 10.4. The molecule has 0 spiro atoms. The average Bonchev–Trinajstić information content (AvgIpc) is 2.03. The van der Waals surface area contributed by atoms with Crippen LogP contribution in [-0.4, -0.2) is 22.9 Å². The van der Waals surface area contributed by atoms with Crippen molar-refractivity contribution >= 4 is 10.1 Å². The van der Waals surface area contributed by atoms with Crippen molar-refractivity contribution in [1.82, 2.24) is 9.97 Å². The molecule has 1 aromatic heterocycles. The molecule has 0 bridgehead atoms. The van der Waals surface area contributed by atoms with Crippen LogP contribution in [0.5, 0.6) is 0 Å². The van der Waals surface area contributed by atoms with Crippen LogP contribution in [0.3, 0.4) is 0 Å². The lowest BCUT2D eigenvalue weighted by Gasteiger charge is -2.05. The third-order valence-corrected chi connectivity index (χ3v) is 2.72. The molecule has 0 saturated carbocycles. The monoisotopic (exact) mass is 202 g/mol. The molecular formula is C7H10N2O3S. The van der Waals surface area contributed by atoms with Crippen LogP contribution < -0.4 is 0 Å². The van der Waals surface area contributed by atoms with Gasteiger partial charge < -0.3 is 0 Å². The zero-order valence-electron chi connectivity index (χ0n) is 7.30. The number of hydrogen-bond donors (Lipinski definition) is 1. The summed E-state index contributed by atoms with van der Waals surface area (Å²) >= 11 is 0. The van der Waals surface area contributed by atoms with E-state index in [0.29, 0.717) is 0 Å². The molecule has 1 N–H and O–H groups in total. The molecule has 0 amide bonds. The second-order valence-corrected chi connectivity index (χ2v) is 4.51. The molecule has 0 unspecified atom stereocenters. The maximum absolute atomic E-state index is 10.7. The van der Waals surface area contributed by atoms with Crippen LogP contribution >= 0.6 is 0 Å². The van der Waals surface area contributed by atoms with E-state index in [1.165, 1.54) is 19.3 Å². The second kappa shape index (κ2) is 3.39. The van der Waals surface area contributed by atoms with Gasteiger partial charge in [0.2, 0.25) is 0 Å². The van der Waals surface area contributed by atoms with E-state index >= 15 is 0 Å². The van der Waals surface area contributed by atoms with E-state index in [2.05, 4.69) is 9.97 Å². The highest BCUT2D eigenvalue weighted by atomic mass is 32.2. The largest absolute Gasteiger partial charge is 0.285 e. The Bertz CT molecular complexity index is 385. The van der Waals surface area contributed by atoms with Crippen molar-refractivity contribution in [2.75, 3.05) is 0 Å². The number of aryl methyl sites for hydroxylation is 1. The van der Waals surface area contributed by atoms with Gasteiger partial charge in [-0.25, -0.2) is 9.97 Å². The van der Waals surface area contributed by atoms with Gasteiger partial charge in [-0.15, -0.1) is 0 Å². The minimum Gasteiger partial charge on any atom is -0.285 e. The van der Waals surface area contributed by atoms with Crippen LogP contribution in [0.2, 0.25) is 0 Å². The first-order valence-electron chi connectivity index (χ1n) is 3.66. The quantitative estimate of drug-likeness (QED) is 0.715. The Kier molecular flexibility index (Phi) is 2.63. The fraction of sp³-hybridized carbons (Fsp3) is 0.429. The summed E-state index contributed by atoms with van der Waals surface area (Å²) < 4.78 is 30.1. The summed E-state index contributed by atoms with van der Waals surface area (Å²) in [4.78, 5) is 7.59. The van der Waals surface area contributed by atoms with E-state index < -0.39 is 15.4 Å². The Morgan fingerprint density at radius 3 is 2.23 bits per heavy atom. The van der Waals surface area contributed by atoms with Crippen LogP contribution in [0.15, 0.2) is 12.4 Å². The molecule has 6 heteroatoms. The first-order chi connectivity index (χ1) is 5.91. The first-order valence-corrected chi connectivity index (χ1v) is 5.16. The highest BCUT2D eigenvalue weighted by Gasteiger charge is 2.21. The topological polar surface area (TPSA) is 80.2 Å². The lowest BCUT2D eigenvalue weighted by Crippen LogP contribution is -2.11. The summed E-state index contributed by atoms with van der Waals surface area (Å²) in [5.41, 5.74) is 0.839. The third-order valence-electron chi connectivity index (χ3n) is 1.61. The molecule has 1 aromatic rings. The van der Waals surface area contributed by atoms with Gasteiger partial charge >= 0.3 is 0 Å². The molecule has 1 atom stereocenters. The predicted octanol–water partition coefficient (Wildman–Crippen LogP) is 0.734. The van der Waals surface area contributed by atoms with Crippen LogP contribution in [-0.2, 0) is 10.1 Å². The van der Waals surface area contributed by atoms with E-state index in [1.807, 2.05) is 0 Å². The van der Waals surface area contributed by atoms with Crippen LogP contribution in [0.4, 0.5) is 0 Å². The summed E-state index contributed by atoms with van der Waals surface area (Å²) in [6, 6.07) is 0. The molecule has 0 fully saturated rings. The van der Waals surface area contributed by atoms with Crippen LogP contribution in [0, 0.1) is 6.92 Å². The predicted molar refractivity (Wildman–Crippen MR) is 46.7 cm³/mol. The van der Waals surface area contributed by atoms with Crippen molar-refractivity contribution in [3.8, 4) is 0 Å². The van der Waals surface area contributed by atoms with Gasteiger partial charge in [0, 0.05) is 12.4 Å². The van der Waals surface area contributed by atoms with Gasteiger partial charge in [0.15, 0.2) is 0 Å². The van der Waals surface area contributed by atoms with Crippen molar-refractivity contribution in [2.45, 2.75) is 19.1 Å². The SMILES string of the molecule is Cc1cnc([C@@H](C)S(=O)(=O)O)nc1. The van der Waals surface area contributed by atoms with E-state index in [1.54, 1.807) is 6.92 Å². The van der Waals surface area contributed by atoms with Crippen molar-refractivity contribution in [3.63, 3.8) is 0 Å². The molecule has 72 valence electrons. The summed E-state index contributed by atoms with van der Waals surface area (Å²) in [7, 11) is -4.09. The Balaban J connectivity index is 3.04. The molecule has 5 nitrogen and oxygen atoms in total. The second-order valence-electron chi connectivity index (χ2n) is 2.78. The van der Waals surface area contributed by atoms with Crippen LogP contribution in [0.1, 0.15) is 23.6 Å². The fourth-order valence-corrected chi connectivity index (χ4v) is 1.13. The maximum Gasteiger partial charge on any atom is 0.274 e. The van der Waals surface area contributed by atoms with Crippen molar-refractivity contribution in [1.29, 1.82) is 0 Å². The highest BCUT2D eigenvalue weighted by Crippen LogP contribution is 2.15. The van der Waals surface area contributed by atoms with Gasteiger partial charge in [0.25, 0.3) is 10.1 Å². The minimum atomic E-state index is -4.09. The van der Waals surface area contributed by atoms with E-state index in [0.717, 1.165) is 5.56 Å². The molecule has 0 aliphatic rings. The molecule has 0 radical (unpaired) electrons. The minimum absolute atomic E-state index is 0.105. The molecule has 1 rings (SSSR count). The molecule has 13 heavy (non-hydrogen) atoms. The molecule has 0 aromatic carbocycles. The Hall–Kier alpha value is -1.01. The highest BCUT2D eigenvalue weighted by molar-refractivity contribution is 7.86. The van der Waals surface area contributed by atoms with Gasteiger partial charge in [-0.2, -0.15) is 8.42 Å². The standard InChI is InChI=1S/C7H10N2O3S/c1-5-3-8-7(9-4-5)6(2)13(10,11)12/h3-4,6H,1-2H3,(H,10,11,12)/t6-/m1/s1. The Morgan fingerprint density at radius 2 is 1.85 bits per heavy atom. The van der Waals surface area contributed by atoms with E-state index in [9.17, 15) is 8.42 Å². The van der Waals surface area contributed by atoms with Crippen LogP contribution in [0.25, 0.3) is 0 Å². The number of aromatic nitrogens is 2. The molecule has 1 heterocycles. The lowest BCUT2D eigenvalue weighted by molar-refractivity contribution is 0.469. The van der Waals surface area contributed by atoms with Crippen molar-refractivity contribution in [3.05, 3.63) is 23.8 Å². The van der Waals surface area contributed by atoms with E-state index in [-0.39, 0.29) is 5.82 Å². The number of nitrogens with zero attached hydrogens (tertiary/aromatic N) is 2. The van der Waals surface area contributed by atoms with Gasteiger partial charge in [0.1, 0.15) is 11.1 Å².